The predicted molar refractivity (Wildman–Crippen MR) is 155 cm³/mol. The van der Waals surface area contributed by atoms with Crippen LogP contribution >= 0.6 is 22.9 Å². The van der Waals surface area contributed by atoms with Crippen LogP contribution in [0.25, 0.3) is 0 Å². The molecule has 0 radical (unpaired) electrons. The quantitative estimate of drug-likeness (QED) is 0.426. The SMILES string of the molecule is CNS(=O)(=O)N1CC2C(COC)N(CC3=C(C(=O)OC)C(c4ccc(F)cc4Cl)N=C(c4nccs4)CCC3)C2C1. The molecule has 0 spiro atoms. The maximum atomic E-state index is 14.1. The van der Waals surface area contributed by atoms with Gasteiger partial charge in [-0.25, -0.2) is 18.9 Å². The summed E-state index contributed by atoms with van der Waals surface area (Å²) in [5.41, 5.74) is 2.42. The van der Waals surface area contributed by atoms with Gasteiger partial charge in [-0.3, -0.25) is 9.89 Å². The Balaban J connectivity index is 1.58. The molecule has 0 aliphatic carbocycles. The number of fused-ring (bicyclic) bond motifs is 1. The number of hydrogen-bond donors (Lipinski definition) is 1. The van der Waals surface area contributed by atoms with Gasteiger partial charge in [0.25, 0.3) is 10.2 Å². The van der Waals surface area contributed by atoms with E-state index >= 15 is 0 Å². The van der Waals surface area contributed by atoms with Crippen LogP contribution in [-0.4, -0.2) is 93.9 Å². The number of benzene rings is 1. The number of nitrogens with one attached hydrogen (secondary N) is 1. The molecule has 1 N–H and O–H groups in total. The van der Waals surface area contributed by atoms with Crippen molar-refractivity contribution in [3.8, 4) is 0 Å². The monoisotopic (exact) mass is 625 g/mol. The molecule has 3 aliphatic heterocycles. The smallest absolute Gasteiger partial charge is 0.336 e. The Kier molecular flexibility index (Phi) is 9.24. The van der Waals surface area contributed by atoms with Crippen molar-refractivity contribution in [2.24, 2.45) is 10.9 Å². The third-order valence-electron chi connectivity index (χ3n) is 8.13. The van der Waals surface area contributed by atoms with Crippen molar-refractivity contribution in [2.75, 3.05) is 47.5 Å². The van der Waals surface area contributed by atoms with E-state index in [9.17, 15) is 17.6 Å². The van der Waals surface area contributed by atoms with Gasteiger partial charge in [0.2, 0.25) is 0 Å². The predicted octanol–water partition coefficient (Wildman–Crippen LogP) is 3.21. The molecule has 3 aliphatic rings. The molecule has 2 aromatic rings. The van der Waals surface area contributed by atoms with Crippen LogP contribution in [0.1, 0.15) is 35.9 Å². The lowest BCUT2D eigenvalue weighted by molar-refractivity contribution is -0.136. The van der Waals surface area contributed by atoms with Gasteiger partial charge in [0.15, 0.2) is 0 Å². The number of rotatable bonds is 9. The van der Waals surface area contributed by atoms with Crippen molar-refractivity contribution in [1.29, 1.82) is 0 Å². The average Bonchev–Trinajstić information content (AvgIpc) is 3.61. The second-order valence-corrected chi connectivity index (χ2v) is 13.5. The number of methoxy groups -OCH3 is 2. The summed E-state index contributed by atoms with van der Waals surface area (Å²) >= 11 is 8.01. The van der Waals surface area contributed by atoms with Gasteiger partial charge in [0, 0.05) is 74.0 Å². The van der Waals surface area contributed by atoms with Crippen LogP contribution in [-0.2, 0) is 24.5 Å². The number of nitrogens with zero attached hydrogens (tertiary/aromatic N) is 4. The molecule has 4 atom stereocenters. The molecule has 2 saturated heterocycles. The zero-order chi connectivity index (χ0) is 29.3. The van der Waals surface area contributed by atoms with Crippen molar-refractivity contribution < 1.29 is 27.1 Å². The minimum Gasteiger partial charge on any atom is -0.466 e. The number of hydrogen-bond acceptors (Lipinski definition) is 9. The first-order chi connectivity index (χ1) is 19.7. The normalized spacial score (nSPS) is 25.7. The van der Waals surface area contributed by atoms with Crippen LogP contribution in [0.3, 0.4) is 0 Å². The second kappa shape index (κ2) is 12.5. The topological polar surface area (TPSA) is 113 Å². The van der Waals surface area contributed by atoms with Gasteiger partial charge >= 0.3 is 5.97 Å². The summed E-state index contributed by atoms with van der Waals surface area (Å²) in [6.07, 6.45) is 3.63. The minimum atomic E-state index is -3.58. The van der Waals surface area contributed by atoms with Gasteiger partial charge in [-0.05, 0) is 37.0 Å². The van der Waals surface area contributed by atoms with Crippen LogP contribution in [0, 0.1) is 11.7 Å². The average molecular weight is 626 g/mol. The molecule has 4 unspecified atom stereocenters. The van der Waals surface area contributed by atoms with Gasteiger partial charge in [0.05, 0.1) is 25.0 Å². The van der Waals surface area contributed by atoms with Gasteiger partial charge in [-0.2, -0.15) is 12.7 Å². The lowest BCUT2D eigenvalue weighted by Crippen LogP contribution is -2.65. The lowest BCUT2D eigenvalue weighted by atomic mass is 9.80. The summed E-state index contributed by atoms with van der Waals surface area (Å²) in [4.78, 5) is 25.2. The van der Waals surface area contributed by atoms with Crippen LogP contribution in [0.2, 0.25) is 5.02 Å². The van der Waals surface area contributed by atoms with Gasteiger partial charge in [0.1, 0.15) is 16.9 Å². The Morgan fingerprint density at radius 1 is 1.27 bits per heavy atom. The third kappa shape index (κ3) is 5.99. The standard InChI is InChI=1S/C27H33ClFN5O5S2/c1-30-41(36,37)33-13-19-22(14-33)34(23(19)15-38-2)12-16-5-4-6-21(26-31-9-10-40-26)32-25(24(16)27(35)39-3)18-8-7-17(29)11-20(18)28/h7-11,19,22-23,25,30H,4-6,12-15H2,1-3H3. The van der Waals surface area contributed by atoms with Gasteiger partial charge in [-0.15, -0.1) is 11.3 Å². The molecular weight excluding hydrogens is 593 g/mol. The number of esters is 1. The van der Waals surface area contributed by atoms with Crippen molar-refractivity contribution in [1.82, 2.24) is 18.9 Å². The van der Waals surface area contributed by atoms with Crippen LogP contribution in [0.5, 0.6) is 0 Å². The highest BCUT2D eigenvalue weighted by molar-refractivity contribution is 7.87. The maximum absolute atomic E-state index is 14.1. The van der Waals surface area contributed by atoms with E-state index in [-0.39, 0.29) is 23.0 Å². The Morgan fingerprint density at radius 3 is 2.73 bits per heavy atom. The lowest BCUT2D eigenvalue weighted by Gasteiger charge is -2.52. The van der Waals surface area contributed by atoms with E-state index in [1.165, 1.54) is 41.9 Å². The van der Waals surface area contributed by atoms with E-state index in [1.807, 2.05) is 5.38 Å². The molecule has 14 heteroatoms. The molecule has 0 bridgehead atoms. The first kappa shape index (κ1) is 30.2. The molecule has 0 amide bonds. The van der Waals surface area contributed by atoms with E-state index in [2.05, 4.69) is 14.6 Å². The van der Waals surface area contributed by atoms with Crippen molar-refractivity contribution in [3.63, 3.8) is 0 Å². The molecule has 41 heavy (non-hydrogen) atoms. The number of ether oxygens (including phenoxy) is 2. The molecule has 222 valence electrons. The highest BCUT2D eigenvalue weighted by atomic mass is 35.5. The third-order valence-corrected chi connectivity index (χ3v) is 10.8. The summed E-state index contributed by atoms with van der Waals surface area (Å²) in [5, 5.41) is 2.78. The van der Waals surface area contributed by atoms with Crippen LogP contribution in [0.15, 0.2) is 45.9 Å². The van der Waals surface area contributed by atoms with E-state index in [4.69, 9.17) is 26.1 Å². The van der Waals surface area contributed by atoms with Crippen LogP contribution in [0.4, 0.5) is 4.39 Å². The Hall–Kier alpha value is -2.26. The molecule has 0 saturated carbocycles. The number of carbonyl (C=O) groups is 1. The maximum Gasteiger partial charge on any atom is 0.336 e. The molecule has 1 aromatic carbocycles. The molecule has 1 aromatic heterocycles. The van der Waals surface area contributed by atoms with Gasteiger partial charge < -0.3 is 9.47 Å². The van der Waals surface area contributed by atoms with Crippen molar-refractivity contribution in [3.05, 3.63) is 62.3 Å². The molecule has 2 fully saturated rings. The number of likely N-dealkylation sites (tertiary alicyclic amines) is 1. The fourth-order valence-electron chi connectivity index (χ4n) is 6.15. The largest absolute Gasteiger partial charge is 0.466 e. The highest BCUT2D eigenvalue weighted by Crippen LogP contribution is 2.43. The first-order valence-electron chi connectivity index (χ1n) is 13.3. The summed E-state index contributed by atoms with van der Waals surface area (Å²) in [5.74, 6) is -0.930. The zero-order valence-electron chi connectivity index (χ0n) is 23.0. The van der Waals surface area contributed by atoms with Gasteiger partial charge in [-0.1, -0.05) is 17.7 Å². The highest BCUT2D eigenvalue weighted by Gasteiger charge is 2.55. The number of aliphatic imine (C=N–C) groups is 1. The number of aromatic nitrogens is 1. The Labute approximate surface area is 248 Å². The number of carbonyl (C=O) groups excluding carboxylic acids is 1. The summed E-state index contributed by atoms with van der Waals surface area (Å²) in [6.45, 7) is 1.57. The van der Waals surface area contributed by atoms with E-state index < -0.39 is 28.0 Å². The summed E-state index contributed by atoms with van der Waals surface area (Å²) in [7, 11) is 0.778. The number of thiazole rings is 1. The van der Waals surface area contributed by atoms with Crippen molar-refractivity contribution >= 4 is 44.8 Å². The fraction of sp³-hybridized carbons (Fsp3) is 0.519. The van der Waals surface area contributed by atoms with E-state index in [0.29, 0.717) is 50.2 Å². The first-order valence-corrected chi connectivity index (χ1v) is 16.0. The summed E-state index contributed by atoms with van der Waals surface area (Å²) < 4.78 is 53.9. The Bertz CT molecular complexity index is 1450. The molecular formula is C27H33ClFN5O5S2. The fourth-order valence-corrected chi connectivity index (χ4v) is 8.06. The summed E-state index contributed by atoms with van der Waals surface area (Å²) in [6, 6.07) is 3.17. The molecule has 10 nitrogen and oxygen atoms in total. The molecule has 5 rings (SSSR count). The zero-order valence-corrected chi connectivity index (χ0v) is 25.4. The van der Waals surface area contributed by atoms with Crippen molar-refractivity contribution in [2.45, 2.75) is 37.4 Å². The number of halogens is 2. The second-order valence-electron chi connectivity index (χ2n) is 10.3. The minimum absolute atomic E-state index is 0.0267. The van der Waals surface area contributed by atoms with E-state index in [1.54, 1.807) is 19.4 Å². The molecule has 4 heterocycles. The van der Waals surface area contributed by atoms with E-state index in [0.717, 1.165) is 22.7 Å². The van der Waals surface area contributed by atoms with Crippen LogP contribution < -0.4 is 4.72 Å². The Morgan fingerprint density at radius 2 is 2.07 bits per heavy atom.